The standard InChI is InChI=1S/C19H25N7/c1-4-25-9-11-26(12-10-25)19-22-17(16-13-20-24(3)18(16)23-19)21-15-7-5-14(2)6-8-15/h5-8,13H,4,9-12H2,1-3H3,(H,21,22,23). The van der Waals surface area contributed by atoms with Crippen molar-refractivity contribution < 1.29 is 0 Å². The number of benzene rings is 1. The van der Waals surface area contributed by atoms with E-state index in [-0.39, 0.29) is 0 Å². The molecule has 1 fully saturated rings. The van der Waals surface area contributed by atoms with E-state index < -0.39 is 0 Å². The molecule has 0 atom stereocenters. The van der Waals surface area contributed by atoms with Gasteiger partial charge in [-0.15, -0.1) is 0 Å². The van der Waals surface area contributed by atoms with Crippen LogP contribution in [0.1, 0.15) is 12.5 Å². The Labute approximate surface area is 153 Å². The summed E-state index contributed by atoms with van der Waals surface area (Å²) < 4.78 is 1.81. The maximum atomic E-state index is 4.84. The third kappa shape index (κ3) is 3.22. The molecule has 2 aromatic heterocycles. The zero-order chi connectivity index (χ0) is 18.1. The molecule has 1 aliphatic rings. The van der Waals surface area contributed by atoms with Crippen molar-refractivity contribution in [3.63, 3.8) is 0 Å². The van der Waals surface area contributed by atoms with E-state index in [1.54, 1.807) is 0 Å². The molecule has 0 amide bonds. The zero-order valence-corrected chi connectivity index (χ0v) is 15.6. The van der Waals surface area contributed by atoms with Crippen LogP contribution < -0.4 is 10.2 Å². The predicted molar refractivity (Wildman–Crippen MR) is 105 cm³/mol. The lowest BCUT2D eigenvalue weighted by atomic mass is 10.2. The molecule has 0 radical (unpaired) electrons. The summed E-state index contributed by atoms with van der Waals surface area (Å²) in [5.41, 5.74) is 3.10. The van der Waals surface area contributed by atoms with Crippen LogP contribution >= 0.6 is 0 Å². The average molecular weight is 351 g/mol. The molecule has 3 heterocycles. The minimum Gasteiger partial charge on any atom is -0.339 e. The van der Waals surface area contributed by atoms with Gasteiger partial charge in [0.2, 0.25) is 5.95 Å². The van der Waals surface area contributed by atoms with Crippen molar-refractivity contribution in [3.8, 4) is 0 Å². The van der Waals surface area contributed by atoms with Crippen molar-refractivity contribution in [1.29, 1.82) is 0 Å². The van der Waals surface area contributed by atoms with Crippen molar-refractivity contribution in [2.75, 3.05) is 42.9 Å². The Kier molecular flexibility index (Phi) is 4.46. The molecular weight excluding hydrogens is 326 g/mol. The molecule has 136 valence electrons. The number of likely N-dealkylation sites (N-methyl/N-ethyl adjacent to an activating group) is 1. The van der Waals surface area contributed by atoms with Crippen LogP contribution in [-0.4, -0.2) is 57.4 Å². The Morgan fingerprint density at radius 2 is 1.77 bits per heavy atom. The SMILES string of the molecule is CCN1CCN(c2nc(Nc3ccc(C)cc3)c3cnn(C)c3n2)CC1. The number of piperazine rings is 1. The van der Waals surface area contributed by atoms with Crippen molar-refractivity contribution in [1.82, 2.24) is 24.6 Å². The number of anilines is 3. The molecule has 0 aliphatic carbocycles. The first-order valence-corrected chi connectivity index (χ1v) is 9.15. The normalized spacial score (nSPS) is 15.6. The van der Waals surface area contributed by atoms with Gasteiger partial charge in [-0.2, -0.15) is 15.1 Å². The van der Waals surface area contributed by atoms with Gasteiger partial charge in [0.15, 0.2) is 5.65 Å². The summed E-state index contributed by atoms with van der Waals surface area (Å²) in [5.74, 6) is 1.58. The fourth-order valence-electron chi connectivity index (χ4n) is 3.29. The fraction of sp³-hybridized carbons (Fsp3) is 0.421. The molecule has 0 unspecified atom stereocenters. The Bertz CT molecular complexity index is 892. The molecule has 0 bridgehead atoms. The Morgan fingerprint density at radius 1 is 1.04 bits per heavy atom. The van der Waals surface area contributed by atoms with E-state index in [9.17, 15) is 0 Å². The summed E-state index contributed by atoms with van der Waals surface area (Å²) in [4.78, 5) is 14.3. The second-order valence-electron chi connectivity index (χ2n) is 6.79. The van der Waals surface area contributed by atoms with Gasteiger partial charge in [0.1, 0.15) is 5.82 Å². The van der Waals surface area contributed by atoms with Gasteiger partial charge in [-0.05, 0) is 25.6 Å². The van der Waals surface area contributed by atoms with Crippen LogP contribution in [0, 0.1) is 6.92 Å². The van der Waals surface area contributed by atoms with E-state index in [2.05, 4.69) is 58.3 Å². The summed E-state index contributed by atoms with van der Waals surface area (Å²) >= 11 is 0. The summed E-state index contributed by atoms with van der Waals surface area (Å²) in [6.07, 6.45) is 1.82. The number of fused-ring (bicyclic) bond motifs is 1. The molecule has 0 spiro atoms. The van der Waals surface area contributed by atoms with Crippen LogP contribution in [0.25, 0.3) is 11.0 Å². The van der Waals surface area contributed by atoms with Crippen LogP contribution in [0.15, 0.2) is 30.5 Å². The lowest BCUT2D eigenvalue weighted by Gasteiger charge is -2.34. The number of rotatable bonds is 4. The lowest BCUT2D eigenvalue weighted by Crippen LogP contribution is -2.46. The van der Waals surface area contributed by atoms with E-state index in [1.165, 1.54) is 5.56 Å². The zero-order valence-electron chi connectivity index (χ0n) is 15.6. The monoisotopic (exact) mass is 351 g/mol. The molecular formula is C19H25N7. The molecule has 0 saturated carbocycles. The smallest absolute Gasteiger partial charge is 0.229 e. The third-order valence-corrected chi connectivity index (χ3v) is 5.00. The molecule has 7 nitrogen and oxygen atoms in total. The number of hydrogen-bond donors (Lipinski definition) is 1. The van der Waals surface area contributed by atoms with Crippen molar-refractivity contribution in [3.05, 3.63) is 36.0 Å². The molecule has 7 heteroatoms. The van der Waals surface area contributed by atoms with Gasteiger partial charge in [0.05, 0.1) is 11.6 Å². The van der Waals surface area contributed by atoms with Crippen LogP contribution in [0.2, 0.25) is 0 Å². The van der Waals surface area contributed by atoms with Gasteiger partial charge in [0.25, 0.3) is 0 Å². The highest BCUT2D eigenvalue weighted by Crippen LogP contribution is 2.26. The molecule has 1 N–H and O–H groups in total. The highest BCUT2D eigenvalue weighted by atomic mass is 15.4. The van der Waals surface area contributed by atoms with Gasteiger partial charge in [-0.3, -0.25) is 4.68 Å². The summed E-state index contributed by atoms with van der Waals surface area (Å²) in [5, 5.41) is 8.75. The summed E-state index contributed by atoms with van der Waals surface area (Å²) in [7, 11) is 1.92. The maximum absolute atomic E-state index is 4.84. The number of nitrogens with one attached hydrogen (secondary N) is 1. The lowest BCUT2D eigenvalue weighted by molar-refractivity contribution is 0.270. The van der Waals surface area contributed by atoms with Crippen molar-refractivity contribution in [2.24, 2.45) is 7.05 Å². The van der Waals surface area contributed by atoms with Gasteiger partial charge in [-0.1, -0.05) is 24.6 Å². The minimum atomic E-state index is 0.770. The first-order valence-electron chi connectivity index (χ1n) is 9.15. The number of aryl methyl sites for hydroxylation is 2. The van der Waals surface area contributed by atoms with Crippen LogP contribution in [0.4, 0.5) is 17.5 Å². The molecule has 1 aromatic carbocycles. The van der Waals surface area contributed by atoms with Crippen molar-refractivity contribution in [2.45, 2.75) is 13.8 Å². The summed E-state index contributed by atoms with van der Waals surface area (Å²) in [6.45, 7) is 9.37. The molecule has 3 aromatic rings. The van der Waals surface area contributed by atoms with Crippen molar-refractivity contribution >= 4 is 28.5 Å². The van der Waals surface area contributed by atoms with E-state index in [1.807, 2.05) is 17.9 Å². The number of nitrogens with zero attached hydrogens (tertiary/aromatic N) is 6. The maximum Gasteiger partial charge on any atom is 0.229 e. The first-order chi connectivity index (χ1) is 12.6. The topological polar surface area (TPSA) is 62.1 Å². The van der Waals surface area contributed by atoms with Gasteiger partial charge in [0, 0.05) is 38.9 Å². The van der Waals surface area contributed by atoms with Crippen LogP contribution in [0.5, 0.6) is 0 Å². The Morgan fingerprint density at radius 3 is 2.46 bits per heavy atom. The van der Waals surface area contributed by atoms with E-state index in [0.29, 0.717) is 0 Å². The third-order valence-electron chi connectivity index (χ3n) is 5.00. The Balaban J connectivity index is 1.68. The highest BCUT2D eigenvalue weighted by Gasteiger charge is 2.20. The van der Waals surface area contributed by atoms with Gasteiger partial charge >= 0.3 is 0 Å². The summed E-state index contributed by atoms with van der Waals surface area (Å²) in [6, 6.07) is 8.32. The molecule has 26 heavy (non-hydrogen) atoms. The number of hydrogen-bond acceptors (Lipinski definition) is 6. The minimum absolute atomic E-state index is 0.770. The number of aromatic nitrogens is 4. The second kappa shape index (κ2) is 6.92. The molecule has 1 saturated heterocycles. The van der Waals surface area contributed by atoms with E-state index in [0.717, 1.165) is 61.2 Å². The molecule has 4 rings (SSSR count). The molecule has 1 aliphatic heterocycles. The second-order valence-corrected chi connectivity index (χ2v) is 6.79. The highest BCUT2D eigenvalue weighted by molar-refractivity contribution is 5.89. The van der Waals surface area contributed by atoms with Crippen LogP contribution in [-0.2, 0) is 7.05 Å². The van der Waals surface area contributed by atoms with Gasteiger partial charge in [-0.25, -0.2) is 0 Å². The average Bonchev–Trinajstić information content (AvgIpc) is 3.05. The predicted octanol–water partition coefficient (Wildman–Crippen LogP) is 2.56. The first kappa shape index (κ1) is 16.8. The van der Waals surface area contributed by atoms with Gasteiger partial charge < -0.3 is 15.1 Å². The fourth-order valence-corrected chi connectivity index (χ4v) is 3.29. The quantitative estimate of drug-likeness (QED) is 0.779. The largest absolute Gasteiger partial charge is 0.339 e. The van der Waals surface area contributed by atoms with E-state index >= 15 is 0 Å². The van der Waals surface area contributed by atoms with Crippen LogP contribution in [0.3, 0.4) is 0 Å². The Hall–Kier alpha value is -2.67. The van der Waals surface area contributed by atoms with E-state index in [4.69, 9.17) is 9.97 Å².